The van der Waals surface area contributed by atoms with Crippen LogP contribution in [0.15, 0.2) is 71.9 Å². The summed E-state index contributed by atoms with van der Waals surface area (Å²) in [6.07, 6.45) is 3.04. The predicted octanol–water partition coefficient (Wildman–Crippen LogP) is 2.45. The van der Waals surface area contributed by atoms with Gasteiger partial charge in [-0.25, -0.2) is 13.1 Å². The Bertz CT molecular complexity index is 1180. The van der Waals surface area contributed by atoms with Crippen molar-refractivity contribution in [3.8, 4) is 11.8 Å². The Hall–Kier alpha value is -3.61. The first-order chi connectivity index (χ1) is 14.5. The Morgan fingerprint density at radius 3 is 2.47 bits per heavy atom. The van der Waals surface area contributed by atoms with Crippen LogP contribution < -0.4 is 9.46 Å². The van der Waals surface area contributed by atoms with Crippen LogP contribution in [-0.2, 0) is 16.6 Å². The SMILES string of the molecule is COc1ccc(C(=O)C(C#N)c2ccccn2)cc1S(=O)(=O)NCc1ccccn1. The number of nitrogens with zero attached hydrogens (tertiary/aromatic N) is 3. The monoisotopic (exact) mass is 422 g/mol. The van der Waals surface area contributed by atoms with E-state index in [4.69, 9.17) is 4.74 Å². The van der Waals surface area contributed by atoms with Gasteiger partial charge in [-0.2, -0.15) is 5.26 Å². The first-order valence-electron chi connectivity index (χ1n) is 8.88. The number of benzene rings is 1. The topological polar surface area (TPSA) is 122 Å². The van der Waals surface area contributed by atoms with Gasteiger partial charge in [-0.05, 0) is 42.5 Å². The standard InChI is InChI=1S/C21H18N4O4S/c1-29-19-9-8-15(21(26)17(13-22)18-7-3-5-11-24-18)12-20(19)30(27,28)25-14-16-6-2-4-10-23-16/h2-12,17,25H,14H2,1H3. The summed E-state index contributed by atoms with van der Waals surface area (Å²) in [6.45, 7) is -0.0285. The van der Waals surface area contributed by atoms with Crippen molar-refractivity contribution in [2.75, 3.05) is 7.11 Å². The largest absolute Gasteiger partial charge is 0.495 e. The van der Waals surface area contributed by atoms with Gasteiger partial charge in [0.25, 0.3) is 0 Å². The van der Waals surface area contributed by atoms with Gasteiger partial charge in [-0.15, -0.1) is 0 Å². The number of hydrogen-bond acceptors (Lipinski definition) is 7. The lowest BCUT2D eigenvalue weighted by Crippen LogP contribution is -2.24. The number of methoxy groups -OCH3 is 1. The van der Waals surface area contributed by atoms with Crippen LogP contribution in [0, 0.1) is 11.3 Å². The Kier molecular flexibility index (Phi) is 6.51. The molecule has 0 aliphatic rings. The number of rotatable bonds is 8. The van der Waals surface area contributed by atoms with Crippen molar-refractivity contribution in [3.05, 3.63) is 83.9 Å². The molecule has 152 valence electrons. The number of Topliss-reactive ketones (excluding diaryl/α,β-unsaturated/α-hetero) is 1. The quantitative estimate of drug-likeness (QED) is 0.553. The van der Waals surface area contributed by atoms with Gasteiger partial charge in [0.1, 0.15) is 10.6 Å². The number of ether oxygens (including phenoxy) is 1. The number of pyridine rings is 2. The molecular weight excluding hydrogens is 404 g/mol. The summed E-state index contributed by atoms with van der Waals surface area (Å²) in [6, 6.07) is 16.0. The third-order valence-electron chi connectivity index (χ3n) is 4.28. The number of nitriles is 1. The van der Waals surface area contributed by atoms with Crippen LogP contribution in [0.25, 0.3) is 0 Å². The predicted molar refractivity (Wildman–Crippen MR) is 108 cm³/mol. The lowest BCUT2D eigenvalue weighted by atomic mass is 9.95. The highest BCUT2D eigenvalue weighted by atomic mass is 32.2. The van der Waals surface area contributed by atoms with Gasteiger partial charge in [-0.3, -0.25) is 14.8 Å². The highest BCUT2D eigenvalue weighted by molar-refractivity contribution is 7.89. The van der Waals surface area contributed by atoms with Gasteiger partial charge in [-0.1, -0.05) is 12.1 Å². The number of aromatic nitrogens is 2. The molecule has 0 saturated heterocycles. The molecule has 0 amide bonds. The van der Waals surface area contributed by atoms with E-state index < -0.39 is 21.7 Å². The average Bonchev–Trinajstić information content (AvgIpc) is 2.79. The molecule has 2 heterocycles. The molecule has 1 unspecified atom stereocenters. The summed E-state index contributed by atoms with van der Waals surface area (Å²) in [4.78, 5) is 20.8. The molecule has 0 bridgehead atoms. The maximum Gasteiger partial charge on any atom is 0.244 e. The van der Waals surface area contributed by atoms with Crippen LogP contribution in [0.4, 0.5) is 0 Å². The van der Waals surface area contributed by atoms with E-state index in [0.717, 1.165) is 0 Å². The van der Waals surface area contributed by atoms with E-state index in [-0.39, 0.29) is 22.8 Å². The van der Waals surface area contributed by atoms with Crippen molar-refractivity contribution >= 4 is 15.8 Å². The fourth-order valence-corrected chi connectivity index (χ4v) is 3.95. The molecular formula is C21H18N4O4S. The molecule has 9 heteroatoms. The highest BCUT2D eigenvalue weighted by Crippen LogP contribution is 2.27. The first kappa shape index (κ1) is 21.1. The minimum Gasteiger partial charge on any atom is -0.495 e. The molecule has 30 heavy (non-hydrogen) atoms. The van der Waals surface area contributed by atoms with E-state index in [9.17, 15) is 18.5 Å². The third kappa shape index (κ3) is 4.68. The number of ketones is 1. The van der Waals surface area contributed by atoms with Crippen LogP contribution in [0.2, 0.25) is 0 Å². The van der Waals surface area contributed by atoms with E-state index in [0.29, 0.717) is 11.4 Å². The van der Waals surface area contributed by atoms with Gasteiger partial charge >= 0.3 is 0 Å². The van der Waals surface area contributed by atoms with Gasteiger partial charge < -0.3 is 4.74 Å². The van der Waals surface area contributed by atoms with Crippen molar-refractivity contribution in [1.82, 2.24) is 14.7 Å². The Labute approximate surface area is 174 Å². The van der Waals surface area contributed by atoms with Gasteiger partial charge in [0.15, 0.2) is 11.7 Å². The van der Waals surface area contributed by atoms with E-state index >= 15 is 0 Å². The van der Waals surface area contributed by atoms with Crippen molar-refractivity contribution in [2.45, 2.75) is 17.4 Å². The molecule has 3 rings (SSSR count). The lowest BCUT2D eigenvalue weighted by molar-refractivity contribution is 0.0977. The van der Waals surface area contributed by atoms with Gasteiger partial charge in [0.05, 0.1) is 31.1 Å². The number of hydrogen-bond donors (Lipinski definition) is 1. The van der Waals surface area contributed by atoms with Crippen LogP contribution in [-0.4, -0.2) is 31.3 Å². The highest BCUT2D eigenvalue weighted by Gasteiger charge is 2.26. The minimum absolute atomic E-state index is 0.0285. The van der Waals surface area contributed by atoms with Crippen LogP contribution in [0.3, 0.4) is 0 Å². The Morgan fingerprint density at radius 2 is 1.87 bits per heavy atom. The second kappa shape index (κ2) is 9.26. The molecule has 1 aromatic carbocycles. The fraction of sp³-hybridized carbons (Fsp3) is 0.143. The van der Waals surface area contributed by atoms with Crippen LogP contribution in [0.1, 0.15) is 27.7 Å². The number of sulfonamides is 1. The summed E-state index contributed by atoms with van der Waals surface area (Å²) in [5.41, 5.74) is 0.886. The Morgan fingerprint density at radius 1 is 1.13 bits per heavy atom. The first-order valence-corrected chi connectivity index (χ1v) is 10.4. The molecule has 1 atom stereocenters. The van der Waals surface area contributed by atoms with E-state index in [1.807, 2.05) is 6.07 Å². The second-order valence-electron chi connectivity index (χ2n) is 6.19. The summed E-state index contributed by atoms with van der Waals surface area (Å²) in [7, 11) is -2.69. The zero-order valence-electron chi connectivity index (χ0n) is 16.0. The minimum atomic E-state index is -4.02. The smallest absolute Gasteiger partial charge is 0.244 e. The maximum atomic E-state index is 12.9. The average molecular weight is 422 g/mol. The van der Waals surface area contributed by atoms with Gasteiger partial charge in [0.2, 0.25) is 10.0 Å². The van der Waals surface area contributed by atoms with E-state index in [2.05, 4.69) is 14.7 Å². The van der Waals surface area contributed by atoms with Crippen molar-refractivity contribution in [3.63, 3.8) is 0 Å². The van der Waals surface area contributed by atoms with Crippen molar-refractivity contribution < 1.29 is 17.9 Å². The molecule has 0 aliphatic heterocycles. The number of nitrogens with one attached hydrogen (secondary N) is 1. The molecule has 0 radical (unpaired) electrons. The zero-order valence-corrected chi connectivity index (χ0v) is 16.8. The van der Waals surface area contributed by atoms with Gasteiger partial charge in [0, 0.05) is 18.0 Å². The van der Waals surface area contributed by atoms with E-state index in [1.165, 1.54) is 31.5 Å². The molecule has 0 saturated carbocycles. The number of carbonyl (C=O) groups excluding carboxylic acids is 1. The molecule has 0 aliphatic carbocycles. The normalized spacial score (nSPS) is 12.0. The lowest BCUT2D eigenvalue weighted by Gasteiger charge is -2.13. The van der Waals surface area contributed by atoms with E-state index in [1.54, 1.807) is 42.6 Å². The summed E-state index contributed by atoms with van der Waals surface area (Å²) < 4.78 is 33.3. The van der Waals surface area contributed by atoms with Crippen LogP contribution >= 0.6 is 0 Å². The fourth-order valence-electron chi connectivity index (χ4n) is 2.76. The molecule has 0 spiro atoms. The zero-order chi connectivity index (χ0) is 21.6. The van der Waals surface area contributed by atoms with Crippen molar-refractivity contribution in [1.29, 1.82) is 5.26 Å². The van der Waals surface area contributed by atoms with Crippen molar-refractivity contribution in [2.24, 2.45) is 0 Å². The molecule has 0 fully saturated rings. The summed E-state index contributed by atoms with van der Waals surface area (Å²) >= 11 is 0. The molecule has 3 aromatic rings. The third-order valence-corrected chi connectivity index (χ3v) is 5.70. The maximum absolute atomic E-state index is 12.9. The molecule has 2 aromatic heterocycles. The molecule has 1 N–H and O–H groups in total. The summed E-state index contributed by atoms with van der Waals surface area (Å²) in [5.74, 6) is -1.64. The van der Waals surface area contributed by atoms with Crippen LogP contribution in [0.5, 0.6) is 5.75 Å². The summed E-state index contributed by atoms with van der Waals surface area (Å²) in [5, 5.41) is 9.48. The Balaban J connectivity index is 1.93. The second-order valence-corrected chi connectivity index (χ2v) is 7.93. The molecule has 8 nitrogen and oxygen atoms in total. The number of carbonyl (C=O) groups is 1.